The highest BCUT2D eigenvalue weighted by atomic mass is 16.2. The van der Waals surface area contributed by atoms with Crippen molar-refractivity contribution in [1.82, 2.24) is 20.5 Å². The van der Waals surface area contributed by atoms with E-state index in [0.29, 0.717) is 17.4 Å². The molecule has 0 bridgehead atoms. The maximum Gasteiger partial charge on any atom is 0.258 e. The molecule has 1 atom stereocenters. The Labute approximate surface area is 163 Å². The fourth-order valence-electron chi connectivity index (χ4n) is 4.05. The number of rotatable bonds is 4. The SMILES string of the molecule is Cc1ccc2c(C3(C(=O)NC(C)(C)C4CC4)C=Nc4[nH]ccc4N3)n[nH]c2c1. The number of amides is 1. The van der Waals surface area contributed by atoms with Gasteiger partial charge in [-0.2, -0.15) is 5.10 Å². The highest BCUT2D eigenvalue weighted by Gasteiger charge is 2.48. The van der Waals surface area contributed by atoms with Gasteiger partial charge in [0, 0.05) is 23.3 Å². The summed E-state index contributed by atoms with van der Waals surface area (Å²) >= 11 is 0. The number of H-pyrrole nitrogens is 2. The number of aliphatic imine (C=N–C) groups is 1. The van der Waals surface area contributed by atoms with Crippen LogP contribution in [0.2, 0.25) is 0 Å². The molecule has 1 fully saturated rings. The van der Waals surface area contributed by atoms with Gasteiger partial charge in [0.2, 0.25) is 0 Å². The molecule has 2 aliphatic rings. The summed E-state index contributed by atoms with van der Waals surface area (Å²) < 4.78 is 0. The lowest BCUT2D eigenvalue weighted by Crippen LogP contribution is -2.58. The third-order valence-electron chi connectivity index (χ3n) is 5.93. The Bertz CT molecular complexity index is 1100. The molecule has 28 heavy (non-hydrogen) atoms. The highest BCUT2D eigenvalue weighted by molar-refractivity contribution is 6.11. The minimum atomic E-state index is -1.19. The topological polar surface area (TPSA) is 98.0 Å². The Morgan fingerprint density at radius 3 is 2.89 bits per heavy atom. The second kappa shape index (κ2) is 5.70. The lowest BCUT2D eigenvalue weighted by Gasteiger charge is -2.36. The van der Waals surface area contributed by atoms with Crippen LogP contribution in [0.5, 0.6) is 0 Å². The standard InChI is InChI=1S/C21H24N6O/c1-12-4-7-14-16(10-12)26-27-17(14)21(11-23-18-15(24-21)8-9-22-18)19(28)25-20(2,3)13-5-6-13/h4,7-11,13,22,24H,5-6H2,1-3H3,(H,25,28)(H,26,27). The molecule has 7 heteroatoms. The second-order valence-corrected chi connectivity index (χ2v) is 8.50. The molecule has 5 rings (SSSR count). The van der Waals surface area contributed by atoms with E-state index in [9.17, 15) is 4.79 Å². The van der Waals surface area contributed by atoms with Crippen molar-refractivity contribution >= 4 is 34.5 Å². The van der Waals surface area contributed by atoms with Crippen molar-refractivity contribution in [3.8, 4) is 0 Å². The number of aryl methyl sites for hydroxylation is 1. The summed E-state index contributed by atoms with van der Waals surface area (Å²) in [4.78, 5) is 21.3. The van der Waals surface area contributed by atoms with E-state index in [-0.39, 0.29) is 11.4 Å². The van der Waals surface area contributed by atoms with Gasteiger partial charge in [-0.3, -0.25) is 9.89 Å². The Kier molecular flexibility index (Phi) is 3.47. The number of nitrogens with zero attached hydrogens (tertiary/aromatic N) is 2. The highest BCUT2D eigenvalue weighted by Crippen LogP contribution is 2.41. The van der Waals surface area contributed by atoms with Crippen LogP contribution in [0.25, 0.3) is 10.9 Å². The molecule has 0 spiro atoms. The van der Waals surface area contributed by atoms with Crippen LogP contribution in [0.15, 0.2) is 35.5 Å². The summed E-state index contributed by atoms with van der Waals surface area (Å²) in [7, 11) is 0. The van der Waals surface area contributed by atoms with Crippen molar-refractivity contribution in [1.29, 1.82) is 0 Å². The molecule has 0 radical (unpaired) electrons. The molecule has 1 aromatic carbocycles. The lowest BCUT2D eigenvalue weighted by molar-refractivity contribution is -0.125. The normalized spacial score (nSPS) is 21.4. The Morgan fingerprint density at radius 1 is 1.29 bits per heavy atom. The van der Waals surface area contributed by atoms with Crippen LogP contribution in [0.4, 0.5) is 11.5 Å². The Morgan fingerprint density at radius 2 is 2.11 bits per heavy atom. The second-order valence-electron chi connectivity index (χ2n) is 8.50. The number of carbonyl (C=O) groups excluding carboxylic acids is 1. The van der Waals surface area contributed by atoms with Crippen molar-refractivity contribution in [3.05, 3.63) is 41.7 Å². The molecule has 1 amide bonds. The number of aromatic amines is 2. The van der Waals surface area contributed by atoms with Crippen molar-refractivity contribution in [2.45, 2.75) is 44.7 Å². The van der Waals surface area contributed by atoms with Crippen molar-refractivity contribution < 1.29 is 4.79 Å². The van der Waals surface area contributed by atoms with E-state index in [1.807, 2.05) is 37.4 Å². The van der Waals surface area contributed by atoms with Gasteiger partial charge < -0.3 is 15.6 Å². The lowest BCUT2D eigenvalue weighted by atomic mass is 9.88. The zero-order valence-electron chi connectivity index (χ0n) is 16.3. The first kappa shape index (κ1) is 17.0. The predicted octanol–water partition coefficient (Wildman–Crippen LogP) is 3.53. The minimum Gasteiger partial charge on any atom is -0.359 e. The average Bonchev–Trinajstić information content (AvgIpc) is 3.29. The van der Waals surface area contributed by atoms with E-state index in [1.165, 1.54) is 0 Å². The first-order valence-electron chi connectivity index (χ1n) is 9.68. The first-order chi connectivity index (χ1) is 13.4. The molecule has 3 heterocycles. The van der Waals surface area contributed by atoms with E-state index in [4.69, 9.17) is 0 Å². The largest absolute Gasteiger partial charge is 0.359 e. The summed E-state index contributed by atoms with van der Waals surface area (Å²) in [6, 6.07) is 7.96. The number of fused-ring (bicyclic) bond motifs is 2. The van der Waals surface area contributed by atoms with Crippen LogP contribution < -0.4 is 10.6 Å². The molecule has 2 aromatic heterocycles. The van der Waals surface area contributed by atoms with Gasteiger partial charge in [-0.05, 0) is 57.2 Å². The molecule has 1 aliphatic carbocycles. The summed E-state index contributed by atoms with van der Waals surface area (Å²) in [6.07, 6.45) is 5.77. The molecule has 144 valence electrons. The maximum absolute atomic E-state index is 13.7. The molecular formula is C21H24N6O. The van der Waals surface area contributed by atoms with Crippen molar-refractivity contribution in [3.63, 3.8) is 0 Å². The van der Waals surface area contributed by atoms with Gasteiger partial charge in [-0.25, -0.2) is 4.99 Å². The van der Waals surface area contributed by atoms with E-state index < -0.39 is 5.54 Å². The van der Waals surface area contributed by atoms with E-state index in [0.717, 1.165) is 35.0 Å². The fourth-order valence-corrected chi connectivity index (χ4v) is 4.05. The minimum absolute atomic E-state index is 0.144. The number of benzene rings is 1. The predicted molar refractivity (Wildman–Crippen MR) is 110 cm³/mol. The van der Waals surface area contributed by atoms with Crippen LogP contribution in [-0.4, -0.2) is 32.8 Å². The molecule has 1 saturated carbocycles. The Balaban J connectivity index is 1.64. The third-order valence-corrected chi connectivity index (χ3v) is 5.93. The molecule has 4 N–H and O–H groups in total. The van der Waals surface area contributed by atoms with Crippen molar-refractivity contribution in [2.24, 2.45) is 10.9 Å². The maximum atomic E-state index is 13.7. The zero-order valence-corrected chi connectivity index (χ0v) is 16.3. The smallest absolute Gasteiger partial charge is 0.258 e. The Hall–Kier alpha value is -3.09. The van der Waals surface area contributed by atoms with Gasteiger partial charge in [-0.1, -0.05) is 12.1 Å². The van der Waals surface area contributed by atoms with Gasteiger partial charge in [0.05, 0.1) is 11.2 Å². The molecule has 3 aromatic rings. The van der Waals surface area contributed by atoms with E-state index in [2.05, 4.69) is 44.7 Å². The van der Waals surface area contributed by atoms with Crippen LogP contribution in [0, 0.1) is 12.8 Å². The van der Waals surface area contributed by atoms with Crippen LogP contribution in [-0.2, 0) is 10.3 Å². The number of anilines is 1. The first-order valence-corrected chi connectivity index (χ1v) is 9.68. The molecule has 1 unspecified atom stereocenters. The van der Waals surface area contributed by atoms with Gasteiger partial charge in [0.25, 0.3) is 5.91 Å². The van der Waals surface area contributed by atoms with Crippen LogP contribution in [0.1, 0.15) is 37.9 Å². The van der Waals surface area contributed by atoms with E-state index >= 15 is 0 Å². The van der Waals surface area contributed by atoms with Gasteiger partial charge in [-0.15, -0.1) is 0 Å². The van der Waals surface area contributed by atoms with Crippen LogP contribution in [0.3, 0.4) is 0 Å². The average molecular weight is 376 g/mol. The van der Waals surface area contributed by atoms with Gasteiger partial charge >= 0.3 is 0 Å². The molecule has 7 nitrogen and oxygen atoms in total. The van der Waals surface area contributed by atoms with Crippen LogP contribution >= 0.6 is 0 Å². The fraction of sp³-hybridized carbons (Fsp3) is 0.381. The monoisotopic (exact) mass is 376 g/mol. The summed E-state index contributed by atoms with van der Waals surface area (Å²) in [5, 5.41) is 15.2. The number of aromatic nitrogens is 3. The number of nitrogens with one attached hydrogen (secondary N) is 4. The van der Waals surface area contributed by atoms with E-state index in [1.54, 1.807) is 6.21 Å². The van der Waals surface area contributed by atoms with Gasteiger partial charge in [0.1, 0.15) is 5.69 Å². The summed E-state index contributed by atoms with van der Waals surface area (Å²) in [5.41, 5.74) is 1.98. The molecular weight excluding hydrogens is 352 g/mol. The number of carbonyl (C=O) groups is 1. The zero-order chi connectivity index (χ0) is 19.5. The number of hydrogen-bond donors (Lipinski definition) is 4. The molecule has 0 saturated heterocycles. The quantitative estimate of drug-likeness (QED) is 0.561. The third kappa shape index (κ3) is 2.53. The van der Waals surface area contributed by atoms with Crippen molar-refractivity contribution in [2.75, 3.05) is 5.32 Å². The summed E-state index contributed by atoms with van der Waals surface area (Å²) in [6.45, 7) is 6.21. The van der Waals surface area contributed by atoms with Gasteiger partial charge in [0.15, 0.2) is 11.4 Å². The summed E-state index contributed by atoms with van der Waals surface area (Å²) in [5.74, 6) is 1.07. The number of hydrogen-bond acceptors (Lipinski definition) is 4. The molecule has 1 aliphatic heterocycles.